The predicted octanol–water partition coefficient (Wildman–Crippen LogP) is 4.97. The highest BCUT2D eigenvalue weighted by Crippen LogP contribution is 2.27. The molecular weight excluding hydrogens is 322 g/mol. The molecule has 4 nitrogen and oxygen atoms in total. The van der Waals surface area contributed by atoms with Crippen molar-refractivity contribution in [3.05, 3.63) is 90.1 Å². The van der Waals surface area contributed by atoms with E-state index >= 15 is 0 Å². The van der Waals surface area contributed by atoms with Gasteiger partial charge in [0.15, 0.2) is 0 Å². The molecule has 0 aliphatic carbocycles. The van der Waals surface area contributed by atoms with Gasteiger partial charge in [-0.1, -0.05) is 54.6 Å². The molecule has 0 bridgehead atoms. The second kappa shape index (κ2) is 7.31. The summed E-state index contributed by atoms with van der Waals surface area (Å²) in [5, 5.41) is 4.83. The SMILES string of the molecule is COc1cccc(NC(Cc2c[nH]c3ccccc23)c2ccccc2)n1. The van der Waals surface area contributed by atoms with E-state index in [-0.39, 0.29) is 6.04 Å². The molecule has 0 radical (unpaired) electrons. The molecule has 0 aliphatic heterocycles. The van der Waals surface area contributed by atoms with Gasteiger partial charge in [0.2, 0.25) is 5.88 Å². The average Bonchev–Trinajstić information content (AvgIpc) is 3.11. The molecule has 4 heteroatoms. The molecule has 26 heavy (non-hydrogen) atoms. The predicted molar refractivity (Wildman–Crippen MR) is 106 cm³/mol. The Morgan fingerprint density at radius 3 is 2.62 bits per heavy atom. The zero-order chi connectivity index (χ0) is 17.8. The van der Waals surface area contributed by atoms with Crippen molar-refractivity contribution < 1.29 is 4.74 Å². The normalized spacial score (nSPS) is 12.0. The Balaban J connectivity index is 1.67. The number of benzene rings is 2. The minimum absolute atomic E-state index is 0.106. The van der Waals surface area contributed by atoms with Crippen LogP contribution >= 0.6 is 0 Å². The van der Waals surface area contributed by atoms with Crippen molar-refractivity contribution in [2.45, 2.75) is 12.5 Å². The number of aromatic nitrogens is 2. The van der Waals surface area contributed by atoms with Crippen LogP contribution in [-0.4, -0.2) is 17.1 Å². The van der Waals surface area contributed by atoms with E-state index in [1.165, 1.54) is 16.5 Å². The van der Waals surface area contributed by atoms with Gasteiger partial charge in [-0.3, -0.25) is 0 Å². The molecule has 0 spiro atoms. The minimum atomic E-state index is 0.106. The Bertz CT molecular complexity index is 994. The number of nitrogens with zero attached hydrogens (tertiary/aromatic N) is 1. The number of anilines is 1. The quantitative estimate of drug-likeness (QED) is 0.520. The minimum Gasteiger partial charge on any atom is -0.481 e. The lowest BCUT2D eigenvalue weighted by molar-refractivity contribution is 0.398. The summed E-state index contributed by atoms with van der Waals surface area (Å²) < 4.78 is 5.25. The van der Waals surface area contributed by atoms with Crippen LogP contribution < -0.4 is 10.1 Å². The van der Waals surface area contributed by atoms with Crippen LogP contribution in [0.25, 0.3) is 10.9 Å². The lowest BCUT2D eigenvalue weighted by atomic mass is 9.98. The van der Waals surface area contributed by atoms with Gasteiger partial charge in [-0.05, 0) is 29.7 Å². The van der Waals surface area contributed by atoms with Gasteiger partial charge in [0.25, 0.3) is 0 Å². The first-order chi connectivity index (χ1) is 12.8. The third kappa shape index (κ3) is 3.40. The molecule has 0 saturated heterocycles. The first-order valence-corrected chi connectivity index (χ1v) is 8.71. The topological polar surface area (TPSA) is 49.9 Å². The highest BCUT2D eigenvalue weighted by molar-refractivity contribution is 5.83. The van der Waals surface area contributed by atoms with E-state index in [0.717, 1.165) is 17.8 Å². The fourth-order valence-corrected chi connectivity index (χ4v) is 3.25. The van der Waals surface area contributed by atoms with Crippen LogP contribution in [0.1, 0.15) is 17.2 Å². The van der Waals surface area contributed by atoms with Crippen LogP contribution in [0, 0.1) is 0 Å². The molecule has 0 saturated carbocycles. The zero-order valence-corrected chi connectivity index (χ0v) is 14.6. The van der Waals surface area contributed by atoms with Crippen LogP contribution in [0.15, 0.2) is 79.0 Å². The molecule has 4 rings (SSSR count). The number of methoxy groups -OCH3 is 1. The summed E-state index contributed by atoms with van der Waals surface area (Å²) in [4.78, 5) is 7.87. The Morgan fingerprint density at radius 2 is 1.77 bits per heavy atom. The number of nitrogens with one attached hydrogen (secondary N) is 2. The van der Waals surface area contributed by atoms with Crippen LogP contribution in [0.4, 0.5) is 5.82 Å². The number of H-pyrrole nitrogens is 1. The maximum absolute atomic E-state index is 5.25. The summed E-state index contributed by atoms with van der Waals surface area (Å²) in [5.41, 5.74) is 3.67. The summed E-state index contributed by atoms with van der Waals surface area (Å²) in [6.07, 6.45) is 2.95. The molecule has 1 unspecified atom stereocenters. The molecule has 2 N–H and O–H groups in total. The summed E-state index contributed by atoms with van der Waals surface area (Å²) in [5.74, 6) is 1.41. The van der Waals surface area contributed by atoms with Crippen molar-refractivity contribution in [1.29, 1.82) is 0 Å². The number of pyridine rings is 1. The van der Waals surface area contributed by atoms with E-state index in [1.807, 2.05) is 24.3 Å². The Hall–Kier alpha value is -3.27. The van der Waals surface area contributed by atoms with Crippen LogP contribution in [0.2, 0.25) is 0 Å². The highest BCUT2D eigenvalue weighted by Gasteiger charge is 2.15. The van der Waals surface area contributed by atoms with Crippen molar-refractivity contribution >= 4 is 16.7 Å². The number of hydrogen-bond donors (Lipinski definition) is 2. The van der Waals surface area contributed by atoms with Crippen LogP contribution in [-0.2, 0) is 6.42 Å². The Labute approximate surface area is 152 Å². The molecule has 2 aromatic carbocycles. The Kier molecular flexibility index (Phi) is 4.56. The van der Waals surface area contributed by atoms with Crippen LogP contribution in [0.3, 0.4) is 0 Å². The second-order valence-corrected chi connectivity index (χ2v) is 6.24. The second-order valence-electron chi connectivity index (χ2n) is 6.24. The van der Waals surface area contributed by atoms with Gasteiger partial charge >= 0.3 is 0 Å². The Morgan fingerprint density at radius 1 is 0.962 bits per heavy atom. The molecule has 4 aromatic rings. The van der Waals surface area contributed by atoms with E-state index in [0.29, 0.717) is 5.88 Å². The standard InChI is InChI=1S/C22H21N3O/c1-26-22-13-7-12-21(25-22)24-20(16-8-3-2-4-9-16)14-17-15-23-19-11-6-5-10-18(17)19/h2-13,15,20,23H,14H2,1H3,(H,24,25). The first kappa shape index (κ1) is 16.2. The molecule has 2 heterocycles. The van der Waals surface area contributed by atoms with Crippen molar-refractivity contribution in [2.24, 2.45) is 0 Å². The van der Waals surface area contributed by atoms with Crippen molar-refractivity contribution in [1.82, 2.24) is 9.97 Å². The lowest BCUT2D eigenvalue weighted by Gasteiger charge is -2.20. The number of para-hydroxylation sites is 1. The maximum Gasteiger partial charge on any atom is 0.214 e. The lowest BCUT2D eigenvalue weighted by Crippen LogP contribution is -2.14. The van der Waals surface area contributed by atoms with Crippen molar-refractivity contribution in [3.63, 3.8) is 0 Å². The fraction of sp³-hybridized carbons (Fsp3) is 0.136. The molecule has 0 fully saturated rings. The third-order valence-corrected chi connectivity index (χ3v) is 4.56. The van der Waals surface area contributed by atoms with Crippen LogP contribution in [0.5, 0.6) is 5.88 Å². The molecule has 1 atom stereocenters. The van der Waals surface area contributed by atoms with Gasteiger partial charge in [-0.15, -0.1) is 0 Å². The van der Waals surface area contributed by atoms with E-state index in [4.69, 9.17) is 4.74 Å². The maximum atomic E-state index is 5.25. The van der Waals surface area contributed by atoms with Gasteiger partial charge in [0.05, 0.1) is 13.2 Å². The number of aromatic amines is 1. The molecule has 2 aromatic heterocycles. The number of fused-ring (bicyclic) bond motifs is 1. The van der Waals surface area contributed by atoms with Gasteiger partial charge in [-0.25, -0.2) is 0 Å². The van der Waals surface area contributed by atoms with E-state index in [2.05, 4.69) is 70.0 Å². The van der Waals surface area contributed by atoms with E-state index in [9.17, 15) is 0 Å². The smallest absolute Gasteiger partial charge is 0.214 e. The highest BCUT2D eigenvalue weighted by atomic mass is 16.5. The molecular formula is C22H21N3O. The number of ether oxygens (including phenoxy) is 1. The number of rotatable bonds is 6. The van der Waals surface area contributed by atoms with Gasteiger partial charge in [-0.2, -0.15) is 4.98 Å². The van der Waals surface area contributed by atoms with E-state index < -0.39 is 0 Å². The van der Waals surface area contributed by atoms with Crippen molar-refractivity contribution in [3.8, 4) is 5.88 Å². The summed E-state index contributed by atoms with van der Waals surface area (Å²) in [7, 11) is 1.63. The summed E-state index contributed by atoms with van der Waals surface area (Å²) in [6, 6.07) is 24.7. The van der Waals surface area contributed by atoms with Gasteiger partial charge < -0.3 is 15.0 Å². The molecule has 130 valence electrons. The monoisotopic (exact) mass is 343 g/mol. The third-order valence-electron chi connectivity index (χ3n) is 4.56. The zero-order valence-electron chi connectivity index (χ0n) is 14.6. The summed E-state index contributed by atoms with van der Waals surface area (Å²) >= 11 is 0. The molecule has 0 aliphatic rings. The van der Waals surface area contributed by atoms with Gasteiger partial charge in [0.1, 0.15) is 5.82 Å². The molecule has 0 amide bonds. The summed E-state index contributed by atoms with van der Waals surface area (Å²) in [6.45, 7) is 0. The average molecular weight is 343 g/mol. The van der Waals surface area contributed by atoms with Gasteiger partial charge in [0, 0.05) is 23.2 Å². The van der Waals surface area contributed by atoms with Crippen molar-refractivity contribution in [2.75, 3.05) is 12.4 Å². The van der Waals surface area contributed by atoms with E-state index in [1.54, 1.807) is 7.11 Å². The largest absolute Gasteiger partial charge is 0.481 e. The fourth-order valence-electron chi connectivity index (χ4n) is 3.25. The first-order valence-electron chi connectivity index (χ1n) is 8.71. The number of hydrogen-bond acceptors (Lipinski definition) is 3.